The van der Waals surface area contributed by atoms with Crippen LogP contribution in [0.3, 0.4) is 0 Å². The van der Waals surface area contributed by atoms with E-state index in [2.05, 4.69) is 0 Å². The van der Waals surface area contributed by atoms with E-state index >= 15 is 0 Å². The van der Waals surface area contributed by atoms with E-state index < -0.39 is 0 Å². The van der Waals surface area contributed by atoms with Crippen molar-refractivity contribution in [3.05, 3.63) is 35.8 Å². The molecule has 0 radical (unpaired) electrons. The number of hydrogen-bond acceptors (Lipinski definition) is 3. The zero-order valence-corrected chi connectivity index (χ0v) is 6.82. The van der Waals surface area contributed by atoms with Crippen molar-refractivity contribution in [1.29, 1.82) is 5.26 Å². The summed E-state index contributed by atoms with van der Waals surface area (Å²) in [4.78, 5) is 0. The third kappa shape index (κ3) is 1.17. The first-order valence-corrected chi connectivity index (χ1v) is 3.86. The second kappa shape index (κ2) is 2.92. The van der Waals surface area contributed by atoms with E-state index in [1.165, 1.54) is 0 Å². The Labute approximate surface area is 74.8 Å². The summed E-state index contributed by atoms with van der Waals surface area (Å²) < 4.78 is 5.10. The van der Waals surface area contributed by atoms with Gasteiger partial charge in [0, 0.05) is 10.8 Å². The molecule has 3 nitrogen and oxygen atoms in total. The van der Waals surface area contributed by atoms with Crippen LogP contribution in [-0.2, 0) is 6.61 Å². The first-order valence-electron chi connectivity index (χ1n) is 3.86. The number of fused-ring (bicyclic) bond motifs is 1. The minimum Gasteiger partial charge on any atom is -0.466 e. The van der Waals surface area contributed by atoms with Crippen LogP contribution in [0.4, 0.5) is 0 Å². The summed E-state index contributed by atoms with van der Waals surface area (Å²) in [5.74, 6) is 0.541. The van der Waals surface area contributed by atoms with Gasteiger partial charge < -0.3 is 9.52 Å². The van der Waals surface area contributed by atoms with E-state index in [1.807, 2.05) is 6.07 Å². The van der Waals surface area contributed by atoms with Crippen LogP contribution in [0.2, 0.25) is 0 Å². The summed E-state index contributed by atoms with van der Waals surface area (Å²) in [6.07, 6.45) is 1.54. The van der Waals surface area contributed by atoms with Crippen molar-refractivity contribution < 1.29 is 9.52 Å². The predicted octanol–water partition coefficient (Wildman–Crippen LogP) is 1.80. The van der Waals surface area contributed by atoms with E-state index in [0.29, 0.717) is 11.3 Å². The van der Waals surface area contributed by atoms with Crippen molar-refractivity contribution in [3.63, 3.8) is 0 Å². The summed E-state index contributed by atoms with van der Waals surface area (Å²) in [5.41, 5.74) is 0.595. The number of aliphatic hydroxyl groups excluding tert-OH is 1. The lowest BCUT2D eigenvalue weighted by Crippen LogP contribution is -1.79. The molecular formula is C10H7NO2. The van der Waals surface area contributed by atoms with Gasteiger partial charge in [-0.25, -0.2) is 0 Å². The number of aliphatic hydroxyl groups is 1. The van der Waals surface area contributed by atoms with Crippen molar-refractivity contribution in [2.75, 3.05) is 0 Å². The van der Waals surface area contributed by atoms with Crippen LogP contribution in [0.5, 0.6) is 0 Å². The molecule has 0 unspecified atom stereocenters. The third-order valence-corrected chi connectivity index (χ3v) is 1.95. The largest absolute Gasteiger partial charge is 0.466 e. The van der Waals surface area contributed by atoms with Gasteiger partial charge in [-0.1, -0.05) is 0 Å². The Hall–Kier alpha value is -1.79. The zero-order valence-electron chi connectivity index (χ0n) is 6.82. The van der Waals surface area contributed by atoms with Crippen LogP contribution in [0.25, 0.3) is 10.8 Å². The molecule has 0 atom stereocenters. The van der Waals surface area contributed by atoms with Gasteiger partial charge in [0.25, 0.3) is 0 Å². The standard InChI is InChI=1S/C10H7NO2/c11-4-7-1-2-9-8(3-7)6-13-10(9)5-12/h1-3,6,12H,5H2. The fourth-order valence-corrected chi connectivity index (χ4v) is 1.30. The molecule has 1 N–H and O–H groups in total. The number of nitriles is 1. The number of nitrogens with zero attached hydrogens (tertiary/aromatic N) is 1. The van der Waals surface area contributed by atoms with Gasteiger partial charge in [-0.3, -0.25) is 0 Å². The Bertz CT molecular complexity index is 479. The number of rotatable bonds is 1. The molecule has 2 rings (SSSR count). The average molecular weight is 173 g/mol. The summed E-state index contributed by atoms with van der Waals surface area (Å²) in [5, 5.41) is 19.2. The first-order chi connectivity index (χ1) is 6.35. The maximum Gasteiger partial charge on any atom is 0.136 e. The molecule has 0 saturated carbocycles. The van der Waals surface area contributed by atoms with Crippen LogP contribution in [0.15, 0.2) is 28.9 Å². The second-order valence-electron chi connectivity index (χ2n) is 2.73. The fourth-order valence-electron chi connectivity index (χ4n) is 1.30. The van der Waals surface area contributed by atoms with E-state index in [0.717, 1.165) is 10.8 Å². The minimum atomic E-state index is -0.116. The van der Waals surface area contributed by atoms with Gasteiger partial charge in [0.15, 0.2) is 0 Å². The van der Waals surface area contributed by atoms with Crippen LogP contribution >= 0.6 is 0 Å². The van der Waals surface area contributed by atoms with E-state index in [9.17, 15) is 0 Å². The summed E-state index contributed by atoms with van der Waals surface area (Å²) in [6, 6.07) is 7.26. The maximum absolute atomic E-state index is 8.89. The van der Waals surface area contributed by atoms with Gasteiger partial charge in [0.2, 0.25) is 0 Å². The van der Waals surface area contributed by atoms with Crippen molar-refractivity contribution in [2.24, 2.45) is 0 Å². The van der Waals surface area contributed by atoms with Crippen LogP contribution in [0, 0.1) is 11.3 Å². The number of furan rings is 1. The van der Waals surface area contributed by atoms with Gasteiger partial charge in [-0.2, -0.15) is 5.26 Å². The lowest BCUT2D eigenvalue weighted by molar-refractivity contribution is 0.249. The highest BCUT2D eigenvalue weighted by atomic mass is 16.4. The van der Waals surface area contributed by atoms with Crippen molar-refractivity contribution >= 4 is 10.8 Å². The van der Waals surface area contributed by atoms with E-state index in [4.69, 9.17) is 14.8 Å². The monoisotopic (exact) mass is 173 g/mol. The quantitative estimate of drug-likeness (QED) is 0.715. The first kappa shape index (κ1) is 7.84. The molecule has 3 heteroatoms. The van der Waals surface area contributed by atoms with Crippen LogP contribution in [0.1, 0.15) is 11.3 Å². The Balaban J connectivity index is 2.70. The van der Waals surface area contributed by atoms with Crippen molar-refractivity contribution in [2.45, 2.75) is 6.61 Å². The zero-order chi connectivity index (χ0) is 9.26. The van der Waals surface area contributed by atoms with Crippen LogP contribution < -0.4 is 0 Å². The fraction of sp³-hybridized carbons (Fsp3) is 0.100. The molecule has 0 aliphatic rings. The molecule has 0 bridgehead atoms. The number of benzene rings is 1. The Kier molecular flexibility index (Phi) is 1.76. The second-order valence-corrected chi connectivity index (χ2v) is 2.73. The molecule has 0 aliphatic carbocycles. The molecule has 2 aromatic rings. The minimum absolute atomic E-state index is 0.116. The lowest BCUT2D eigenvalue weighted by Gasteiger charge is -1.91. The van der Waals surface area contributed by atoms with Crippen LogP contribution in [-0.4, -0.2) is 5.11 Å². The van der Waals surface area contributed by atoms with E-state index in [-0.39, 0.29) is 6.61 Å². The summed E-state index contributed by atoms with van der Waals surface area (Å²) in [6.45, 7) is -0.116. The summed E-state index contributed by atoms with van der Waals surface area (Å²) >= 11 is 0. The normalized spacial score (nSPS) is 10.2. The highest BCUT2D eigenvalue weighted by Gasteiger charge is 2.04. The molecule has 13 heavy (non-hydrogen) atoms. The maximum atomic E-state index is 8.89. The van der Waals surface area contributed by atoms with Gasteiger partial charge in [0.1, 0.15) is 12.4 Å². The Morgan fingerprint density at radius 1 is 1.46 bits per heavy atom. The molecule has 1 aromatic heterocycles. The molecular weight excluding hydrogens is 166 g/mol. The lowest BCUT2D eigenvalue weighted by atomic mass is 10.1. The van der Waals surface area contributed by atoms with Gasteiger partial charge in [0.05, 0.1) is 17.9 Å². The Morgan fingerprint density at radius 2 is 2.31 bits per heavy atom. The molecule has 0 fully saturated rings. The molecule has 0 saturated heterocycles. The molecule has 64 valence electrons. The molecule has 0 aliphatic heterocycles. The molecule has 1 heterocycles. The van der Waals surface area contributed by atoms with Crippen molar-refractivity contribution in [1.82, 2.24) is 0 Å². The number of hydrogen-bond donors (Lipinski definition) is 1. The summed E-state index contributed by atoms with van der Waals surface area (Å²) in [7, 11) is 0. The highest BCUT2D eigenvalue weighted by Crippen LogP contribution is 2.21. The molecule has 0 amide bonds. The van der Waals surface area contributed by atoms with Gasteiger partial charge >= 0.3 is 0 Å². The van der Waals surface area contributed by atoms with Gasteiger partial charge in [-0.05, 0) is 18.2 Å². The van der Waals surface area contributed by atoms with E-state index in [1.54, 1.807) is 24.5 Å². The van der Waals surface area contributed by atoms with Gasteiger partial charge in [-0.15, -0.1) is 0 Å². The SMILES string of the molecule is N#Cc1ccc2c(CO)occ2c1. The van der Waals surface area contributed by atoms with Crippen molar-refractivity contribution in [3.8, 4) is 6.07 Å². The highest BCUT2D eigenvalue weighted by molar-refractivity contribution is 5.85. The topological polar surface area (TPSA) is 57.2 Å². The third-order valence-electron chi connectivity index (χ3n) is 1.95. The molecule has 0 spiro atoms. The predicted molar refractivity (Wildman–Crippen MR) is 46.9 cm³/mol. The Morgan fingerprint density at radius 3 is 3.00 bits per heavy atom. The molecule has 1 aromatic carbocycles. The average Bonchev–Trinajstić information content (AvgIpc) is 2.59. The smallest absolute Gasteiger partial charge is 0.136 e.